The van der Waals surface area contributed by atoms with Crippen LogP contribution in [0.15, 0.2) is 53.7 Å². The predicted octanol–water partition coefficient (Wildman–Crippen LogP) is 4.17. The minimum absolute atomic E-state index is 0.0312. The van der Waals surface area contributed by atoms with E-state index in [-0.39, 0.29) is 11.9 Å². The first kappa shape index (κ1) is 18.7. The van der Waals surface area contributed by atoms with Crippen molar-refractivity contribution >= 4 is 17.7 Å². The maximum Gasteiger partial charge on any atom is 0.230 e. The first-order chi connectivity index (χ1) is 13.6. The maximum atomic E-state index is 12.6. The summed E-state index contributed by atoms with van der Waals surface area (Å²) in [5.41, 5.74) is 4.80. The zero-order valence-corrected chi connectivity index (χ0v) is 17.0. The number of para-hydroxylation sites is 1. The van der Waals surface area contributed by atoms with Crippen molar-refractivity contribution in [1.29, 1.82) is 0 Å². The van der Waals surface area contributed by atoms with Gasteiger partial charge < -0.3 is 5.32 Å². The number of nitrogens with one attached hydrogen (secondary N) is 1. The third kappa shape index (κ3) is 3.83. The van der Waals surface area contributed by atoms with Crippen LogP contribution in [-0.2, 0) is 11.2 Å². The van der Waals surface area contributed by atoms with Gasteiger partial charge in [0.1, 0.15) is 5.82 Å². The van der Waals surface area contributed by atoms with Crippen molar-refractivity contribution in [3.8, 4) is 5.69 Å². The lowest BCUT2D eigenvalue weighted by molar-refractivity contribution is -0.119. The number of aromatic nitrogens is 3. The standard InChI is InChI=1S/C22H24N4OS/c1-15-8-3-6-13-20(15)26-16(2)24-25-22(26)28-14-21(27)23-19-12-7-10-17-9-4-5-11-18(17)19/h3-6,8-9,11,13,19H,7,10,12,14H2,1-2H3,(H,23,27)/t19-/m1/s1. The van der Waals surface area contributed by atoms with Gasteiger partial charge in [0.25, 0.3) is 0 Å². The Morgan fingerprint density at radius 3 is 2.79 bits per heavy atom. The Morgan fingerprint density at radius 1 is 1.14 bits per heavy atom. The normalized spacial score (nSPS) is 15.9. The van der Waals surface area contributed by atoms with Crippen LogP contribution in [0.1, 0.15) is 41.4 Å². The predicted molar refractivity (Wildman–Crippen MR) is 112 cm³/mol. The SMILES string of the molecule is Cc1ccccc1-n1c(C)nnc1SCC(=O)N[C@@H]1CCCc2ccccc21. The summed E-state index contributed by atoms with van der Waals surface area (Å²) in [6.45, 7) is 4.00. The molecule has 0 fully saturated rings. The molecule has 0 unspecified atom stereocenters. The Balaban J connectivity index is 1.45. The molecule has 1 amide bonds. The van der Waals surface area contributed by atoms with E-state index in [2.05, 4.69) is 52.8 Å². The minimum Gasteiger partial charge on any atom is -0.349 e. The zero-order valence-electron chi connectivity index (χ0n) is 16.2. The molecule has 1 atom stereocenters. The third-order valence-corrected chi connectivity index (χ3v) is 6.12. The highest BCUT2D eigenvalue weighted by molar-refractivity contribution is 7.99. The number of carbonyl (C=O) groups is 1. The first-order valence-electron chi connectivity index (χ1n) is 9.61. The summed E-state index contributed by atoms with van der Waals surface area (Å²) < 4.78 is 2.02. The van der Waals surface area contributed by atoms with Crippen molar-refractivity contribution < 1.29 is 4.79 Å². The molecule has 0 saturated carbocycles. The number of amides is 1. The van der Waals surface area contributed by atoms with Crippen LogP contribution in [0.4, 0.5) is 0 Å². The van der Waals surface area contributed by atoms with E-state index in [4.69, 9.17) is 0 Å². The highest BCUT2D eigenvalue weighted by atomic mass is 32.2. The van der Waals surface area contributed by atoms with Gasteiger partial charge in [-0.15, -0.1) is 10.2 Å². The van der Waals surface area contributed by atoms with E-state index in [1.807, 2.05) is 29.7 Å². The molecule has 1 aliphatic rings. The van der Waals surface area contributed by atoms with Gasteiger partial charge in [-0.05, 0) is 55.9 Å². The number of rotatable bonds is 5. The number of benzene rings is 2. The minimum atomic E-state index is 0.0312. The van der Waals surface area contributed by atoms with Gasteiger partial charge in [0.05, 0.1) is 17.5 Å². The van der Waals surface area contributed by atoms with Crippen LogP contribution >= 0.6 is 11.8 Å². The van der Waals surface area contributed by atoms with Crippen molar-refractivity contribution in [2.24, 2.45) is 0 Å². The van der Waals surface area contributed by atoms with Crippen LogP contribution in [0.2, 0.25) is 0 Å². The average Bonchev–Trinajstić information content (AvgIpc) is 3.07. The van der Waals surface area contributed by atoms with Gasteiger partial charge in [0, 0.05) is 0 Å². The van der Waals surface area contributed by atoms with Crippen molar-refractivity contribution in [3.63, 3.8) is 0 Å². The largest absolute Gasteiger partial charge is 0.349 e. The zero-order chi connectivity index (χ0) is 19.5. The molecule has 0 bridgehead atoms. The first-order valence-corrected chi connectivity index (χ1v) is 10.6. The summed E-state index contributed by atoms with van der Waals surface area (Å²) >= 11 is 1.43. The fourth-order valence-corrected chi connectivity index (χ4v) is 4.60. The molecule has 144 valence electrons. The number of aryl methyl sites for hydroxylation is 3. The molecule has 1 N–H and O–H groups in total. The second kappa shape index (κ2) is 8.19. The molecular weight excluding hydrogens is 368 g/mol. The second-order valence-corrected chi connectivity index (χ2v) is 8.09. The lowest BCUT2D eigenvalue weighted by Crippen LogP contribution is -2.32. The number of hydrogen-bond donors (Lipinski definition) is 1. The summed E-state index contributed by atoms with van der Waals surface area (Å²) in [6.07, 6.45) is 3.19. The van der Waals surface area contributed by atoms with Crippen LogP contribution in [0.25, 0.3) is 5.69 Å². The average molecular weight is 393 g/mol. The van der Waals surface area contributed by atoms with Crippen molar-refractivity contribution in [1.82, 2.24) is 20.1 Å². The number of hydrogen-bond acceptors (Lipinski definition) is 4. The second-order valence-electron chi connectivity index (χ2n) is 7.15. The monoisotopic (exact) mass is 392 g/mol. The molecule has 3 aromatic rings. The van der Waals surface area contributed by atoms with E-state index in [0.717, 1.165) is 41.5 Å². The molecule has 2 aromatic carbocycles. The summed E-state index contributed by atoms with van der Waals surface area (Å²) in [6, 6.07) is 16.6. The molecule has 0 aliphatic heterocycles. The van der Waals surface area contributed by atoms with E-state index >= 15 is 0 Å². The lowest BCUT2D eigenvalue weighted by Gasteiger charge is -2.26. The quantitative estimate of drug-likeness (QED) is 0.662. The summed E-state index contributed by atoms with van der Waals surface area (Å²) in [7, 11) is 0. The van der Waals surface area contributed by atoms with E-state index in [0.29, 0.717) is 5.75 Å². The fourth-order valence-electron chi connectivity index (χ4n) is 3.80. The Morgan fingerprint density at radius 2 is 1.93 bits per heavy atom. The van der Waals surface area contributed by atoms with Gasteiger partial charge in [0.2, 0.25) is 5.91 Å². The number of nitrogens with zero attached hydrogens (tertiary/aromatic N) is 3. The van der Waals surface area contributed by atoms with Crippen LogP contribution in [0, 0.1) is 13.8 Å². The third-order valence-electron chi connectivity index (χ3n) is 5.19. The Labute approximate surface area is 169 Å². The van der Waals surface area contributed by atoms with Gasteiger partial charge in [-0.25, -0.2) is 0 Å². The Hall–Kier alpha value is -2.60. The molecular formula is C22H24N4OS. The Kier molecular flexibility index (Phi) is 5.48. The van der Waals surface area contributed by atoms with Crippen LogP contribution in [0.3, 0.4) is 0 Å². The van der Waals surface area contributed by atoms with E-state index < -0.39 is 0 Å². The fraction of sp³-hybridized carbons (Fsp3) is 0.318. The molecule has 4 rings (SSSR count). The van der Waals surface area contributed by atoms with Crippen molar-refractivity contribution in [2.75, 3.05) is 5.75 Å². The van der Waals surface area contributed by atoms with Gasteiger partial charge in [-0.1, -0.05) is 54.2 Å². The molecule has 0 spiro atoms. The summed E-state index contributed by atoms with van der Waals surface area (Å²) in [5.74, 6) is 1.17. The van der Waals surface area contributed by atoms with Crippen molar-refractivity contribution in [3.05, 3.63) is 71.0 Å². The smallest absolute Gasteiger partial charge is 0.230 e. The molecule has 0 saturated heterocycles. The van der Waals surface area contributed by atoms with Crippen LogP contribution in [-0.4, -0.2) is 26.4 Å². The van der Waals surface area contributed by atoms with E-state index in [9.17, 15) is 4.79 Å². The maximum absolute atomic E-state index is 12.6. The van der Waals surface area contributed by atoms with Gasteiger partial charge in [0.15, 0.2) is 5.16 Å². The van der Waals surface area contributed by atoms with Gasteiger partial charge >= 0.3 is 0 Å². The molecule has 6 heteroatoms. The number of thioether (sulfide) groups is 1. The number of carbonyl (C=O) groups excluding carboxylic acids is 1. The van der Waals surface area contributed by atoms with Crippen LogP contribution < -0.4 is 5.32 Å². The summed E-state index contributed by atoms with van der Waals surface area (Å²) in [5, 5.41) is 12.4. The molecule has 1 heterocycles. The van der Waals surface area contributed by atoms with Crippen molar-refractivity contribution in [2.45, 2.75) is 44.3 Å². The summed E-state index contributed by atoms with van der Waals surface area (Å²) in [4.78, 5) is 12.6. The van der Waals surface area contributed by atoms with E-state index in [1.54, 1.807) is 0 Å². The van der Waals surface area contributed by atoms with E-state index in [1.165, 1.54) is 22.9 Å². The van der Waals surface area contributed by atoms with Gasteiger partial charge in [-0.3, -0.25) is 9.36 Å². The Bertz CT molecular complexity index is 998. The topological polar surface area (TPSA) is 59.8 Å². The highest BCUT2D eigenvalue weighted by Crippen LogP contribution is 2.30. The van der Waals surface area contributed by atoms with Crippen LogP contribution in [0.5, 0.6) is 0 Å². The molecule has 1 aliphatic carbocycles. The van der Waals surface area contributed by atoms with Gasteiger partial charge in [-0.2, -0.15) is 0 Å². The molecule has 28 heavy (non-hydrogen) atoms. The highest BCUT2D eigenvalue weighted by Gasteiger charge is 2.22. The molecule has 1 aromatic heterocycles. The number of fused-ring (bicyclic) bond motifs is 1. The molecule has 0 radical (unpaired) electrons. The molecule has 5 nitrogen and oxygen atoms in total. The lowest BCUT2D eigenvalue weighted by atomic mass is 9.88.